The van der Waals surface area contributed by atoms with Crippen LogP contribution in [0.1, 0.15) is 12.5 Å². The fourth-order valence-electron chi connectivity index (χ4n) is 4.47. The molecule has 0 atom stereocenters. The molecule has 0 amide bonds. The van der Waals surface area contributed by atoms with Gasteiger partial charge in [-0.1, -0.05) is 42.2 Å². The van der Waals surface area contributed by atoms with Gasteiger partial charge < -0.3 is 9.47 Å². The van der Waals surface area contributed by atoms with Gasteiger partial charge in [-0.15, -0.1) is 5.10 Å². The normalized spacial score (nSPS) is 11.6. The van der Waals surface area contributed by atoms with Gasteiger partial charge in [-0.3, -0.25) is 14.9 Å². The Hall–Kier alpha value is -5.62. The second-order valence-corrected chi connectivity index (χ2v) is 10.3. The molecule has 43 heavy (non-hydrogen) atoms. The van der Waals surface area contributed by atoms with E-state index < -0.39 is 4.92 Å². The van der Waals surface area contributed by atoms with E-state index in [9.17, 15) is 14.9 Å². The summed E-state index contributed by atoms with van der Waals surface area (Å²) >= 11 is 1.19. The maximum absolute atomic E-state index is 13.4. The predicted octanol–water partition coefficient (Wildman–Crippen LogP) is 5.09. The number of aromatic nitrogens is 5. The number of fused-ring (bicyclic) bond motifs is 1. The Morgan fingerprint density at radius 1 is 1.02 bits per heavy atom. The Morgan fingerprint density at radius 2 is 1.79 bits per heavy atom. The topological polar surface area (TPSA) is 127 Å². The second-order valence-electron chi connectivity index (χ2n) is 9.26. The molecule has 3 aromatic carbocycles. The van der Waals surface area contributed by atoms with Crippen molar-refractivity contribution in [2.75, 3.05) is 13.2 Å². The molecular formula is C31H24N6O5S. The summed E-state index contributed by atoms with van der Waals surface area (Å²) in [6.45, 7) is 6.10. The lowest BCUT2D eigenvalue weighted by molar-refractivity contribution is -0.385. The van der Waals surface area contributed by atoms with Crippen LogP contribution in [0.25, 0.3) is 39.4 Å². The van der Waals surface area contributed by atoms with Gasteiger partial charge in [0.1, 0.15) is 18.1 Å². The Labute approximate surface area is 248 Å². The van der Waals surface area contributed by atoms with Crippen LogP contribution in [-0.4, -0.2) is 42.5 Å². The van der Waals surface area contributed by atoms with Crippen LogP contribution in [0.15, 0.2) is 96.4 Å². The quantitative estimate of drug-likeness (QED) is 0.122. The smallest absolute Gasteiger partial charge is 0.311 e. The van der Waals surface area contributed by atoms with Crippen molar-refractivity contribution in [1.29, 1.82) is 0 Å². The lowest BCUT2D eigenvalue weighted by atomic mass is 10.1. The average molecular weight is 593 g/mol. The van der Waals surface area contributed by atoms with Crippen LogP contribution in [-0.2, 0) is 0 Å². The number of hydrogen-bond acceptors (Lipinski definition) is 9. The molecule has 12 heteroatoms. The molecule has 0 N–H and O–H groups in total. The maximum Gasteiger partial charge on any atom is 0.311 e. The summed E-state index contributed by atoms with van der Waals surface area (Å²) in [5.41, 5.74) is 2.60. The SMILES string of the molecule is C=CCOc1ccc(-c2nc3s/c(=C\c4cn(-c5ccccc5)nc4-c4ccc(OCC)c([N+](=O)[O-])c4)c(=O)n3n2)cc1. The number of benzene rings is 3. The number of hydrogen-bond donors (Lipinski definition) is 0. The zero-order chi connectivity index (χ0) is 29.9. The van der Waals surface area contributed by atoms with Crippen LogP contribution >= 0.6 is 11.3 Å². The first-order valence-corrected chi connectivity index (χ1v) is 14.1. The van der Waals surface area contributed by atoms with E-state index in [2.05, 4.69) is 16.7 Å². The molecule has 0 unspecified atom stereocenters. The average Bonchev–Trinajstić information content (AvgIpc) is 3.72. The summed E-state index contributed by atoms with van der Waals surface area (Å²) in [6.07, 6.45) is 5.16. The molecule has 11 nitrogen and oxygen atoms in total. The molecule has 0 saturated heterocycles. The van der Waals surface area contributed by atoms with E-state index in [1.165, 1.54) is 21.9 Å². The molecule has 0 bridgehead atoms. The number of rotatable bonds is 10. The van der Waals surface area contributed by atoms with Crippen LogP contribution in [0, 0.1) is 10.1 Å². The number of thiazole rings is 1. The molecule has 0 spiro atoms. The summed E-state index contributed by atoms with van der Waals surface area (Å²) in [6, 6.07) is 21.4. The number of nitro benzene ring substituents is 1. The molecular weight excluding hydrogens is 568 g/mol. The standard InChI is InChI=1S/C31H24N6O5S/c1-3-16-42-24-13-10-20(11-14-24)29-32-31-36(34-29)30(38)27(43-31)18-22-19-35(23-8-6-5-7-9-23)33-28(22)21-12-15-26(41-4-2)25(17-21)37(39)40/h3,5-15,17-19H,1,4,16H2,2H3/b27-18-. The first-order chi connectivity index (χ1) is 20.9. The van der Waals surface area contributed by atoms with Gasteiger partial charge in [0.25, 0.3) is 5.56 Å². The van der Waals surface area contributed by atoms with Crippen LogP contribution in [0.2, 0.25) is 0 Å². The molecule has 0 aliphatic rings. The highest BCUT2D eigenvalue weighted by molar-refractivity contribution is 7.15. The van der Waals surface area contributed by atoms with Gasteiger partial charge in [0.05, 0.1) is 21.7 Å². The lowest BCUT2D eigenvalue weighted by Gasteiger charge is -2.06. The number of nitro groups is 1. The van der Waals surface area contributed by atoms with Crippen molar-refractivity contribution in [3.8, 4) is 39.8 Å². The molecule has 214 valence electrons. The van der Waals surface area contributed by atoms with Crippen molar-refractivity contribution in [1.82, 2.24) is 24.4 Å². The predicted molar refractivity (Wildman–Crippen MR) is 164 cm³/mol. The number of nitrogens with zero attached hydrogens (tertiary/aromatic N) is 6. The van der Waals surface area contributed by atoms with Gasteiger partial charge in [-0.2, -0.15) is 14.6 Å². The third-order valence-electron chi connectivity index (χ3n) is 6.44. The zero-order valence-electron chi connectivity index (χ0n) is 22.9. The van der Waals surface area contributed by atoms with Crippen LogP contribution in [0.4, 0.5) is 5.69 Å². The first-order valence-electron chi connectivity index (χ1n) is 13.3. The van der Waals surface area contributed by atoms with E-state index in [0.29, 0.717) is 51.1 Å². The van der Waals surface area contributed by atoms with Gasteiger partial charge in [0.15, 0.2) is 11.6 Å². The Morgan fingerprint density at radius 3 is 2.49 bits per heavy atom. The van der Waals surface area contributed by atoms with Crippen molar-refractivity contribution in [2.45, 2.75) is 6.92 Å². The first kappa shape index (κ1) is 27.5. The molecule has 0 radical (unpaired) electrons. The van der Waals surface area contributed by atoms with E-state index in [1.54, 1.807) is 42.1 Å². The Bertz CT molecular complexity index is 2070. The van der Waals surface area contributed by atoms with Crippen LogP contribution in [0.3, 0.4) is 0 Å². The van der Waals surface area contributed by atoms with Crippen molar-refractivity contribution in [3.63, 3.8) is 0 Å². The van der Waals surface area contributed by atoms with Gasteiger partial charge in [0, 0.05) is 29.0 Å². The van der Waals surface area contributed by atoms with Crippen molar-refractivity contribution in [3.05, 3.63) is 122 Å². The highest BCUT2D eigenvalue weighted by Crippen LogP contribution is 2.34. The minimum atomic E-state index is -0.485. The molecule has 0 aliphatic heterocycles. The fraction of sp³-hybridized carbons (Fsp3) is 0.0968. The molecule has 3 heterocycles. The van der Waals surface area contributed by atoms with E-state index in [4.69, 9.17) is 14.6 Å². The van der Waals surface area contributed by atoms with E-state index >= 15 is 0 Å². The molecule has 3 aromatic heterocycles. The van der Waals surface area contributed by atoms with Crippen molar-refractivity contribution in [2.24, 2.45) is 0 Å². The van der Waals surface area contributed by atoms with Crippen LogP contribution in [0.5, 0.6) is 11.5 Å². The zero-order valence-corrected chi connectivity index (χ0v) is 23.7. The molecule has 6 aromatic rings. The third-order valence-corrected chi connectivity index (χ3v) is 7.40. The molecule has 0 aliphatic carbocycles. The summed E-state index contributed by atoms with van der Waals surface area (Å²) in [7, 11) is 0. The van der Waals surface area contributed by atoms with E-state index in [0.717, 1.165) is 11.3 Å². The minimum absolute atomic E-state index is 0.171. The highest BCUT2D eigenvalue weighted by Gasteiger charge is 2.20. The Kier molecular flexibility index (Phi) is 7.50. The van der Waals surface area contributed by atoms with Gasteiger partial charge >= 0.3 is 5.69 Å². The Balaban J connectivity index is 1.43. The summed E-state index contributed by atoms with van der Waals surface area (Å²) in [5.74, 6) is 1.28. The largest absolute Gasteiger partial charge is 0.490 e. The van der Waals surface area contributed by atoms with E-state index in [1.807, 2.05) is 54.6 Å². The van der Waals surface area contributed by atoms with Crippen LogP contribution < -0.4 is 19.6 Å². The van der Waals surface area contributed by atoms with Crippen molar-refractivity contribution < 1.29 is 14.4 Å². The number of ether oxygens (including phenoxy) is 2. The summed E-state index contributed by atoms with van der Waals surface area (Å²) < 4.78 is 14.3. The summed E-state index contributed by atoms with van der Waals surface area (Å²) in [4.78, 5) is 29.7. The fourth-order valence-corrected chi connectivity index (χ4v) is 5.37. The summed E-state index contributed by atoms with van der Waals surface area (Å²) in [5, 5.41) is 21.0. The molecule has 0 saturated carbocycles. The van der Waals surface area contributed by atoms with E-state index in [-0.39, 0.29) is 17.0 Å². The monoisotopic (exact) mass is 592 g/mol. The van der Waals surface area contributed by atoms with Gasteiger partial charge in [-0.25, -0.2) is 4.68 Å². The lowest BCUT2D eigenvalue weighted by Crippen LogP contribution is -2.23. The van der Waals surface area contributed by atoms with Gasteiger partial charge in [0.2, 0.25) is 4.96 Å². The molecule has 6 rings (SSSR count). The highest BCUT2D eigenvalue weighted by atomic mass is 32.1. The minimum Gasteiger partial charge on any atom is -0.490 e. The third kappa shape index (κ3) is 5.51. The second kappa shape index (κ2) is 11.7. The van der Waals surface area contributed by atoms with Crippen molar-refractivity contribution >= 4 is 28.1 Å². The van der Waals surface area contributed by atoms with Gasteiger partial charge in [-0.05, 0) is 61.5 Å². The molecule has 0 fully saturated rings. The maximum atomic E-state index is 13.4. The number of para-hydroxylation sites is 1.